The highest BCUT2D eigenvalue weighted by Crippen LogP contribution is 2.37. The Kier molecular flexibility index (Phi) is 3.83. The number of nitrogens with zero attached hydrogens (tertiary/aromatic N) is 2. The van der Waals surface area contributed by atoms with Crippen LogP contribution in [0.25, 0.3) is 0 Å². The molecule has 1 fully saturated rings. The van der Waals surface area contributed by atoms with Crippen molar-refractivity contribution >= 4 is 23.9 Å². The molecule has 0 atom stereocenters. The molecule has 0 saturated carbocycles. The van der Waals surface area contributed by atoms with E-state index in [0.717, 1.165) is 23.2 Å². The van der Waals surface area contributed by atoms with Crippen LogP contribution in [0.3, 0.4) is 0 Å². The minimum atomic E-state index is -0.565. The number of anilines is 1. The first-order valence-corrected chi connectivity index (χ1v) is 7.84. The number of carbonyl (C=O) groups excluding carboxylic acids is 3. The molecule has 0 aliphatic carbocycles. The third-order valence-corrected chi connectivity index (χ3v) is 4.74. The average Bonchev–Trinajstić information content (AvgIpc) is 2.77. The monoisotopic (exact) mass is 315 g/mol. The zero-order chi connectivity index (χ0) is 16.6. The number of nitrogens with one attached hydrogen (secondary N) is 1. The van der Waals surface area contributed by atoms with Crippen molar-refractivity contribution in [3.63, 3.8) is 0 Å². The highest BCUT2D eigenvalue weighted by atomic mass is 16.2. The lowest BCUT2D eigenvalue weighted by atomic mass is 9.85. The lowest BCUT2D eigenvalue weighted by molar-refractivity contribution is -0.134. The molecule has 2 aliphatic rings. The number of rotatable bonds is 3. The second-order valence-electron chi connectivity index (χ2n) is 6.66. The van der Waals surface area contributed by atoms with Crippen LogP contribution in [0.1, 0.15) is 25.0 Å². The minimum absolute atomic E-state index is 0.0130. The van der Waals surface area contributed by atoms with E-state index in [4.69, 9.17) is 0 Å². The summed E-state index contributed by atoms with van der Waals surface area (Å²) in [4.78, 5) is 38.6. The third kappa shape index (κ3) is 2.81. The maximum absolute atomic E-state index is 12.4. The summed E-state index contributed by atoms with van der Waals surface area (Å²) in [5.41, 5.74) is 2.12. The molecular weight excluding hydrogens is 294 g/mol. The molecule has 0 unspecified atom stereocenters. The summed E-state index contributed by atoms with van der Waals surface area (Å²) in [6.07, 6.45) is 1.15. The SMILES string of the molecule is CC1(C)C(=O)Nc2ccc(CC(=O)N3CCN(C=O)CC3)cc21. The molecule has 0 spiro atoms. The standard InChI is InChI=1S/C17H21N3O3/c1-17(2)13-9-12(3-4-14(13)18-16(17)23)10-15(22)20-7-5-19(11-21)6-8-20/h3-4,9,11H,5-8,10H2,1-2H3,(H,18,23). The van der Waals surface area contributed by atoms with Crippen LogP contribution in [0.4, 0.5) is 5.69 Å². The molecule has 1 N–H and O–H groups in total. The van der Waals surface area contributed by atoms with Crippen molar-refractivity contribution in [3.05, 3.63) is 29.3 Å². The van der Waals surface area contributed by atoms with Crippen LogP contribution in [-0.2, 0) is 26.2 Å². The van der Waals surface area contributed by atoms with Gasteiger partial charge in [-0.15, -0.1) is 0 Å². The van der Waals surface area contributed by atoms with Gasteiger partial charge in [-0.25, -0.2) is 0 Å². The molecule has 3 amide bonds. The molecule has 0 radical (unpaired) electrons. The fraction of sp³-hybridized carbons (Fsp3) is 0.471. The Balaban J connectivity index is 1.70. The quantitative estimate of drug-likeness (QED) is 0.837. The zero-order valence-corrected chi connectivity index (χ0v) is 13.5. The smallest absolute Gasteiger partial charge is 0.234 e. The largest absolute Gasteiger partial charge is 0.342 e. The van der Waals surface area contributed by atoms with E-state index in [0.29, 0.717) is 32.6 Å². The molecule has 1 aromatic rings. The van der Waals surface area contributed by atoms with Gasteiger partial charge in [0.25, 0.3) is 0 Å². The Morgan fingerprint density at radius 3 is 2.61 bits per heavy atom. The van der Waals surface area contributed by atoms with Crippen molar-refractivity contribution < 1.29 is 14.4 Å². The summed E-state index contributed by atoms with van der Waals surface area (Å²) in [5, 5.41) is 2.87. The summed E-state index contributed by atoms with van der Waals surface area (Å²) in [7, 11) is 0. The van der Waals surface area contributed by atoms with Crippen molar-refractivity contribution in [1.29, 1.82) is 0 Å². The van der Waals surface area contributed by atoms with E-state index in [2.05, 4.69) is 5.32 Å². The predicted molar refractivity (Wildman–Crippen MR) is 86.0 cm³/mol. The molecule has 0 aromatic heterocycles. The van der Waals surface area contributed by atoms with E-state index in [1.165, 1.54) is 0 Å². The van der Waals surface area contributed by atoms with Crippen molar-refractivity contribution in [2.75, 3.05) is 31.5 Å². The van der Waals surface area contributed by atoms with Crippen molar-refractivity contribution in [2.45, 2.75) is 25.7 Å². The second-order valence-corrected chi connectivity index (χ2v) is 6.66. The lowest BCUT2D eigenvalue weighted by Crippen LogP contribution is -2.48. The van der Waals surface area contributed by atoms with Gasteiger partial charge in [0.2, 0.25) is 18.2 Å². The molecule has 1 aromatic carbocycles. The topological polar surface area (TPSA) is 69.7 Å². The Morgan fingerprint density at radius 2 is 1.96 bits per heavy atom. The maximum Gasteiger partial charge on any atom is 0.234 e. The van der Waals surface area contributed by atoms with Crippen molar-refractivity contribution in [1.82, 2.24) is 9.80 Å². The van der Waals surface area contributed by atoms with E-state index in [-0.39, 0.29) is 11.8 Å². The van der Waals surface area contributed by atoms with E-state index in [1.807, 2.05) is 32.0 Å². The second kappa shape index (κ2) is 5.68. The first-order chi connectivity index (χ1) is 10.9. The predicted octanol–water partition coefficient (Wildman–Crippen LogP) is 0.759. The van der Waals surface area contributed by atoms with Gasteiger partial charge in [-0.05, 0) is 31.0 Å². The number of hydrogen-bond acceptors (Lipinski definition) is 3. The first-order valence-electron chi connectivity index (χ1n) is 7.84. The maximum atomic E-state index is 12.4. The minimum Gasteiger partial charge on any atom is -0.342 e. The van der Waals surface area contributed by atoms with Gasteiger partial charge in [-0.2, -0.15) is 0 Å². The van der Waals surface area contributed by atoms with Crippen LogP contribution in [0.5, 0.6) is 0 Å². The summed E-state index contributed by atoms with van der Waals surface area (Å²) in [6, 6.07) is 5.71. The van der Waals surface area contributed by atoms with Crippen LogP contribution in [-0.4, -0.2) is 54.2 Å². The summed E-state index contributed by atoms with van der Waals surface area (Å²) < 4.78 is 0. The fourth-order valence-electron chi connectivity index (χ4n) is 3.09. The number of carbonyl (C=O) groups is 3. The van der Waals surface area contributed by atoms with Crippen molar-refractivity contribution in [2.24, 2.45) is 0 Å². The number of hydrogen-bond donors (Lipinski definition) is 1. The molecule has 2 heterocycles. The van der Waals surface area contributed by atoms with Crippen LogP contribution >= 0.6 is 0 Å². The zero-order valence-electron chi connectivity index (χ0n) is 13.5. The van der Waals surface area contributed by atoms with Gasteiger partial charge in [0.15, 0.2) is 0 Å². The molecule has 6 heteroatoms. The van der Waals surface area contributed by atoms with Gasteiger partial charge in [0.05, 0.1) is 11.8 Å². The number of benzene rings is 1. The van der Waals surface area contributed by atoms with E-state index >= 15 is 0 Å². The van der Waals surface area contributed by atoms with Gasteiger partial charge in [-0.1, -0.05) is 12.1 Å². The highest BCUT2D eigenvalue weighted by Gasteiger charge is 2.38. The van der Waals surface area contributed by atoms with Crippen molar-refractivity contribution in [3.8, 4) is 0 Å². The Bertz CT molecular complexity index is 661. The van der Waals surface area contributed by atoms with Gasteiger partial charge >= 0.3 is 0 Å². The Hall–Kier alpha value is -2.37. The van der Waals surface area contributed by atoms with E-state index in [1.54, 1.807) is 9.80 Å². The normalized spacial score (nSPS) is 19.3. The molecular formula is C17H21N3O3. The Morgan fingerprint density at radius 1 is 1.26 bits per heavy atom. The summed E-state index contributed by atoms with van der Waals surface area (Å²) in [5.74, 6) is 0.0477. The van der Waals surface area contributed by atoms with Gasteiger partial charge in [-0.3, -0.25) is 14.4 Å². The summed E-state index contributed by atoms with van der Waals surface area (Å²) >= 11 is 0. The number of fused-ring (bicyclic) bond motifs is 1. The molecule has 1 saturated heterocycles. The first kappa shape index (κ1) is 15.5. The van der Waals surface area contributed by atoms with Gasteiger partial charge in [0.1, 0.15) is 0 Å². The molecule has 122 valence electrons. The van der Waals surface area contributed by atoms with Crippen LogP contribution in [0.2, 0.25) is 0 Å². The third-order valence-electron chi connectivity index (χ3n) is 4.74. The summed E-state index contributed by atoms with van der Waals surface area (Å²) in [6.45, 7) is 6.11. The lowest BCUT2D eigenvalue weighted by Gasteiger charge is -2.32. The van der Waals surface area contributed by atoms with E-state index in [9.17, 15) is 14.4 Å². The number of amides is 3. The van der Waals surface area contributed by atoms with Crippen LogP contribution < -0.4 is 5.32 Å². The number of piperazine rings is 1. The fourth-order valence-corrected chi connectivity index (χ4v) is 3.09. The Labute approximate surface area is 135 Å². The molecule has 2 aliphatic heterocycles. The molecule has 23 heavy (non-hydrogen) atoms. The van der Waals surface area contributed by atoms with E-state index < -0.39 is 5.41 Å². The average molecular weight is 315 g/mol. The van der Waals surface area contributed by atoms with Crippen LogP contribution in [0.15, 0.2) is 18.2 Å². The van der Waals surface area contributed by atoms with Gasteiger partial charge < -0.3 is 15.1 Å². The van der Waals surface area contributed by atoms with Gasteiger partial charge in [0, 0.05) is 31.9 Å². The molecule has 0 bridgehead atoms. The molecule has 3 rings (SSSR count). The molecule has 6 nitrogen and oxygen atoms in total. The van der Waals surface area contributed by atoms with Crippen LogP contribution in [0, 0.1) is 0 Å². The highest BCUT2D eigenvalue weighted by molar-refractivity contribution is 6.05.